The van der Waals surface area contributed by atoms with Crippen LogP contribution >= 0.6 is 0 Å². The maximum atomic E-state index is 12.9. The number of anilines is 2. The average molecular weight is 454 g/mol. The number of amides is 2. The molecule has 0 radical (unpaired) electrons. The fraction of sp³-hybridized carbons (Fsp3) is 0.154. The molecule has 0 unspecified atom stereocenters. The van der Waals surface area contributed by atoms with E-state index >= 15 is 0 Å². The third-order valence-corrected chi connectivity index (χ3v) is 5.99. The van der Waals surface area contributed by atoms with Crippen LogP contribution in [0.2, 0.25) is 0 Å². The number of aromatic nitrogens is 2. The summed E-state index contributed by atoms with van der Waals surface area (Å²) in [5, 5.41) is 5.91. The third-order valence-electron chi connectivity index (χ3n) is 5.99. The Morgan fingerprint density at radius 3 is 2.38 bits per heavy atom. The number of carbonyl (C=O) groups excluding carboxylic acids is 2. The van der Waals surface area contributed by atoms with Gasteiger partial charge in [-0.1, -0.05) is 30.3 Å². The standard InChI is InChI=1S/C26H22N4O4/c31-23(14-16-30-26(34)21-7-3-2-6-20(21)24(32)28-30)27-19-11-9-18(10-12-19)25(33)29-15-13-17-5-1-4-8-22(17)29/h1-12H,13-16H2,(H,27,31)(H,28,32). The highest BCUT2D eigenvalue weighted by atomic mass is 16.2. The van der Waals surface area contributed by atoms with E-state index in [0.29, 0.717) is 28.6 Å². The lowest BCUT2D eigenvalue weighted by atomic mass is 10.1. The summed E-state index contributed by atoms with van der Waals surface area (Å²) in [6, 6.07) is 21.2. The lowest BCUT2D eigenvalue weighted by Gasteiger charge is -2.17. The van der Waals surface area contributed by atoms with Crippen LogP contribution in [0.4, 0.5) is 11.4 Å². The topological polar surface area (TPSA) is 104 Å². The molecule has 0 aliphatic carbocycles. The lowest BCUT2D eigenvalue weighted by Crippen LogP contribution is -2.31. The fourth-order valence-electron chi connectivity index (χ4n) is 4.24. The number of fused-ring (bicyclic) bond motifs is 2. The molecule has 0 saturated heterocycles. The monoisotopic (exact) mass is 454 g/mol. The zero-order valence-electron chi connectivity index (χ0n) is 18.3. The molecule has 170 valence electrons. The molecule has 0 saturated carbocycles. The molecule has 4 aromatic rings. The molecule has 2 heterocycles. The van der Waals surface area contributed by atoms with Gasteiger partial charge in [-0.2, -0.15) is 0 Å². The highest BCUT2D eigenvalue weighted by Crippen LogP contribution is 2.29. The minimum atomic E-state index is -0.378. The van der Waals surface area contributed by atoms with Gasteiger partial charge in [0.25, 0.3) is 17.0 Å². The van der Waals surface area contributed by atoms with E-state index in [9.17, 15) is 19.2 Å². The van der Waals surface area contributed by atoms with Crippen molar-refractivity contribution in [3.63, 3.8) is 0 Å². The molecule has 3 aromatic carbocycles. The van der Waals surface area contributed by atoms with Crippen LogP contribution in [0.1, 0.15) is 22.3 Å². The largest absolute Gasteiger partial charge is 0.326 e. The van der Waals surface area contributed by atoms with E-state index in [1.807, 2.05) is 24.3 Å². The van der Waals surface area contributed by atoms with Gasteiger partial charge in [0.1, 0.15) is 0 Å². The smallest absolute Gasteiger partial charge is 0.273 e. The van der Waals surface area contributed by atoms with Crippen LogP contribution in [0, 0.1) is 0 Å². The Kier molecular flexibility index (Phi) is 5.55. The molecule has 0 atom stereocenters. The maximum Gasteiger partial charge on any atom is 0.273 e. The van der Waals surface area contributed by atoms with Gasteiger partial charge in [-0.15, -0.1) is 0 Å². The van der Waals surface area contributed by atoms with Crippen molar-refractivity contribution in [2.24, 2.45) is 0 Å². The van der Waals surface area contributed by atoms with Gasteiger partial charge in [0.2, 0.25) is 5.91 Å². The number of H-pyrrole nitrogens is 1. The third kappa shape index (κ3) is 4.01. The molecule has 8 heteroatoms. The van der Waals surface area contributed by atoms with Gasteiger partial charge in [0.15, 0.2) is 0 Å². The average Bonchev–Trinajstić information content (AvgIpc) is 3.30. The van der Waals surface area contributed by atoms with Crippen molar-refractivity contribution in [2.45, 2.75) is 19.4 Å². The molecule has 5 rings (SSSR count). The molecule has 1 aliphatic heterocycles. The predicted molar refractivity (Wildman–Crippen MR) is 130 cm³/mol. The number of aromatic amines is 1. The van der Waals surface area contributed by atoms with Crippen molar-refractivity contribution in [1.82, 2.24) is 9.78 Å². The highest BCUT2D eigenvalue weighted by molar-refractivity contribution is 6.07. The van der Waals surface area contributed by atoms with E-state index in [2.05, 4.69) is 10.4 Å². The molecule has 34 heavy (non-hydrogen) atoms. The SMILES string of the molecule is O=C(CCn1[nH]c(=O)c2ccccc2c1=O)Nc1ccc(C(=O)N2CCc3ccccc32)cc1. The van der Waals surface area contributed by atoms with Crippen LogP contribution in [0.25, 0.3) is 10.8 Å². The highest BCUT2D eigenvalue weighted by Gasteiger charge is 2.25. The number of para-hydroxylation sites is 1. The summed E-state index contributed by atoms with van der Waals surface area (Å²) >= 11 is 0. The Morgan fingerprint density at radius 2 is 1.59 bits per heavy atom. The van der Waals surface area contributed by atoms with Crippen molar-refractivity contribution in [1.29, 1.82) is 0 Å². The second-order valence-corrected chi connectivity index (χ2v) is 8.15. The number of hydrogen-bond acceptors (Lipinski definition) is 4. The molecule has 0 fully saturated rings. The maximum absolute atomic E-state index is 12.9. The van der Waals surface area contributed by atoms with E-state index in [1.54, 1.807) is 53.4 Å². The number of nitrogens with one attached hydrogen (secondary N) is 2. The van der Waals surface area contributed by atoms with Crippen molar-refractivity contribution >= 4 is 34.0 Å². The number of benzene rings is 3. The minimum absolute atomic E-state index is 0.000565. The van der Waals surface area contributed by atoms with Gasteiger partial charge in [-0.3, -0.25) is 24.3 Å². The van der Waals surface area contributed by atoms with Crippen LogP contribution in [0.15, 0.2) is 82.4 Å². The van der Waals surface area contributed by atoms with E-state index in [4.69, 9.17) is 0 Å². The summed E-state index contributed by atoms with van der Waals surface area (Å²) in [6.45, 7) is 0.683. The molecule has 1 aliphatic rings. The number of carbonyl (C=O) groups is 2. The predicted octanol–water partition coefficient (Wildman–Crippen LogP) is 2.92. The van der Waals surface area contributed by atoms with Crippen molar-refractivity contribution < 1.29 is 9.59 Å². The van der Waals surface area contributed by atoms with E-state index in [1.165, 1.54) is 0 Å². The van der Waals surface area contributed by atoms with Gasteiger partial charge < -0.3 is 10.2 Å². The zero-order valence-corrected chi connectivity index (χ0v) is 18.3. The number of hydrogen-bond donors (Lipinski definition) is 2. The normalized spacial score (nSPS) is 12.5. The Labute approximate surface area is 194 Å². The summed E-state index contributed by atoms with van der Waals surface area (Å²) in [4.78, 5) is 51.9. The van der Waals surface area contributed by atoms with Gasteiger partial charge in [-0.25, -0.2) is 4.68 Å². The van der Waals surface area contributed by atoms with Crippen molar-refractivity contribution in [3.8, 4) is 0 Å². The Hall–Kier alpha value is -4.46. The van der Waals surface area contributed by atoms with Gasteiger partial charge in [0.05, 0.1) is 17.3 Å². The Morgan fingerprint density at radius 1 is 0.882 bits per heavy atom. The van der Waals surface area contributed by atoms with Crippen LogP contribution in [0.3, 0.4) is 0 Å². The molecule has 2 amide bonds. The van der Waals surface area contributed by atoms with E-state index in [0.717, 1.165) is 22.4 Å². The molecular formula is C26H22N4O4. The quantitative estimate of drug-likeness (QED) is 0.484. The van der Waals surface area contributed by atoms with Crippen LogP contribution in [-0.2, 0) is 17.8 Å². The molecular weight excluding hydrogens is 432 g/mol. The van der Waals surface area contributed by atoms with Crippen molar-refractivity contribution in [3.05, 3.63) is 105 Å². The summed E-state index contributed by atoms with van der Waals surface area (Å²) < 4.78 is 1.15. The van der Waals surface area contributed by atoms with Gasteiger partial charge >= 0.3 is 0 Å². The molecule has 2 N–H and O–H groups in total. The van der Waals surface area contributed by atoms with Gasteiger partial charge in [0, 0.05) is 29.9 Å². The summed E-state index contributed by atoms with van der Waals surface area (Å²) in [6.07, 6.45) is 0.834. The number of rotatable bonds is 5. The Bertz CT molecular complexity index is 1520. The van der Waals surface area contributed by atoms with Gasteiger partial charge in [-0.05, 0) is 54.4 Å². The molecule has 0 spiro atoms. The van der Waals surface area contributed by atoms with E-state index in [-0.39, 0.29) is 35.9 Å². The molecule has 1 aromatic heterocycles. The summed E-state index contributed by atoms with van der Waals surface area (Å²) in [5.41, 5.74) is 2.45. The second-order valence-electron chi connectivity index (χ2n) is 8.15. The fourth-order valence-corrected chi connectivity index (χ4v) is 4.24. The first-order valence-electron chi connectivity index (χ1n) is 11.0. The minimum Gasteiger partial charge on any atom is -0.326 e. The number of aryl methyl sites for hydroxylation is 1. The second kappa shape index (κ2) is 8.82. The zero-order chi connectivity index (χ0) is 23.7. The van der Waals surface area contributed by atoms with Crippen LogP contribution in [0.5, 0.6) is 0 Å². The Balaban J connectivity index is 1.23. The van der Waals surface area contributed by atoms with Crippen LogP contribution < -0.4 is 21.3 Å². The first-order valence-corrected chi connectivity index (χ1v) is 11.0. The molecule has 0 bridgehead atoms. The summed E-state index contributed by atoms with van der Waals surface area (Å²) in [5.74, 6) is -0.393. The first-order chi connectivity index (χ1) is 16.5. The lowest BCUT2D eigenvalue weighted by molar-refractivity contribution is -0.116. The van der Waals surface area contributed by atoms with Crippen LogP contribution in [-0.4, -0.2) is 28.1 Å². The van der Waals surface area contributed by atoms with Crippen molar-refractivity contribution in [2.75, 3.05) is 16.8 Å². The first kappa shape index (κ1) is 21.4. The number of nitrogens with zero attached hydrogens (tertiary/aromatic N) is 2. The summed E-state index contributed by atoms with van der Waals surface area (Å²) in [7, 11) is 0. The van der Waals surface area contributed by atoms with E-state index < -0.39 is 0 Å². The molecule has 8 nitrogen and oxygen atoms in total.